The van der Waals surface area contributed by atoms with Crippen LogP contribution < -0.4 is 19.8 Å². The van der Waals surface area contributed by atoms with Crippen molar-refractivity contribution in [1.29, 1.82) is 0 Å². The van der Waals surface area contributed by atoms with Crippen molar-refractivity contribution in [2.45, 2.75) is 6.18 Å². The van der Waals surface area contributed by atoms with Crippen LogP contribution in [-0.2, 0) is 6.18 Å². The number of hydrogen-bond acceptors (Lipinski definition) is 5. The molecule has 0 fully saturated rings. The largest absolute Gasteiger partial charge is 0.491 e. The Labute approximate surface area is 168 Å². The molecule has 0 aliphatic heterocycles. The normalized spacial score (nSPS) is 11.2. The highest BCUT2D eigenvalue weighted by molar-refractivity contribution is 6.31. The molecule has 0 atom stereocenters. The van der Waals surface area contributed by atoms with Gasteiger partial charge < -0.3 is 14.2 Å². The van der Waals surface area contributed by atoms with Crippen LogP contribution in [0.4, 0.5) is 13.2 Å². The van der Waals surface area contributed by atoms with Gasteiger partial charge in [-0.05, 0) is 24.3 Å². The number of methoxy groups -OCH3 is 2. The highest BCUT2D eigenvalue weighted by atomic mass is 35.5. The second kappa shape index (κ2) is 8.04. The predicted octanol–water partition coefficient (Wildman–Crippen LogP) is 4.71. The molecule has 10 heteroatoms. The fraction of sp³-hybridized carbons (Fsp3) is 0.158. The third kappa shape index (κ3) is 4.29. The molecule has 0 radical (unpaired) electrons. The van der Waals surface area contributed by atoms with Crippen LogP contribution in [0.5, 0.6) is 23.0 Å². The molecule has 1 heterocycles. The SMILES string of the molecule is COc1cnn(-c2cccc(Oc3ccc(C(F)(F)F)c(Cl)c3)c2)c(=O)c1OC. The van der Waals surface area contributed by atoms with Gasteiger partial charge in [0, 0.05) is 12.1 Å². The summed E-state index contributed by atoms with van der Waals surface area (Å²) in [5.41, 5.74) is -1.16. The first-order chi connectivity index (χ1) is 13.7. The van der Waals surface area contributed by atoms with E-state index in [9.17, 15) is 18.0 Å². The summed E-state index contributed by atoms with van der Waals surface area (Å²) in [6.07, 6.45) is -3.24. The van der Waals surface area contributed by atoms with Gasteiger partial charge in [-0.15, -0.1) is 0 Å². The number of aromatic nitrogens is 2. The molecule has 0 N–H and O–H groups in total. The van der Waals surface area contributed by atoms with Gasteiger partial charge >= 0.3 is 11.7 Å². The van der Waals surface area contributed by atoms with Gasteiger partial charge in [0.25, 0.3) is 0 Å². The van der Waals surface area contributed by atoms with Crippen LogP contribution in [0.3, 0.4) is 0 Å². The molecule has 0 amide bonds. The number of benzene rings is 2. The maximum Gasteiger partial charge on any atom is 0.417 e. The third-order valence-electron chi connectivity index (χ3n) is 3.87. The molecule has 0 saturated heterocycles. The zero-order chi connectivity index (χ0) is 21.2. The van der Waals surface area contributed by atoms with Crippen molar-refractivity contribution < 1.29 is 27.4 Å². The van der Waals surface area contributed by atoms with E-state index in [1.165, 1.54) is 26.5 Å². The van der Waals surface area contributed by atoms with Crippen molar-refractivity contribution in [3.05, 3.63) is 69.6 Å². The Morgan fingerprint density at radius 3 is 2.38 bits per heavy atom. The fourth-order valence-electron chi connectivity index (χ4n) is 2.54. The summed E-state index contributed by atoms with van der Waals surface area (Å²) in [5, 5.41) is 3.54. The van der Waals surface area contributed by atoms with Crippen molar-refractivity contribution >= 4 is 11.6 Å². The minimum atomic E-state index is -4.56. The Kier molecular flexibility index (Phi) is 5.69. The van der Waals surface area contributed by atoms with Crippen LogP contribution in [0.15, 0.2) is 53.5 Å². The molecule has 152 valence electrons. The summed E-state index contributed by atoms with van der Waals surface area (Å²) in [5.74, 6) is 0.526. The second-order valence-corrected chi connectivity index (χ2v) is 6.11. The van der Waals surface area contributed by atoms with E-state index in [4.69, 9.17) is 25.8 Å². The molecule has 6 nitrogen and oxygen atoms in total. The van der Waals surface area contributed by atoms with E-state index in [-0.39, 0.29) is 23.0 Å². The Morgan fingerprint density at radius 1 is 1.03 bits per heavy atom. The minimum absolute atomic E-state index is 0.0247. The van der Waals surface area contributed by atoms with Gasteiger partial charge in [-0.2, -0.15) is 23.0 Å². The van der Waals surface area contributed by atoms with E-state index in [1.54, 1.807) is 18.2 Å². The molecule has 0 spiro atoms. The molecule has 0 saturated carbocycles. The lowest BCUT2D eigenvalue weighted by Gasteiger charge is -2.13. The lowest BCUT2D eigenvalue weighted by atomic mass is 10.2. The van der Waals surface area contributed by atoms with Gasteiger partial charge in [-0.1, -0.05) is 17.7 Å². The molecule has 0 bridgehead atoms. The Morgan fingerprint density at radius 2 is 1.76 bits per heavy atom. The van der Waals surface area contributed by atoms with Gasteiger partial charge in [0.05, 0.1) is 36.7 Å². The van der Waals surface area contributed by atoms with Crippen LogP contribution in [0.1, 0.15) is 5.56 Å². The first-order valence-electron chi connectivity index (χ1n) is 8.10. The molecule has 0 unspecified atom stereocenters. The van der Waals surface area contributed by atoms with E-state index < -0.39 is 22.3 Å². The number of halogens is 4. The first-order valence-corrected chi connectivity index (χ1v) is 8.47. The fourth-order valence-corrected chi connectivity index (χ4v) is 2.82. The molecular weight excluding hydrogens is 413 g/mol. The number of nitrogens with zero attached hydrogens (tertiary/aromatic N) is 2. The average Bonchev–Trinajstić information content (AvgIpc) is 2.66. The topological polar surface area (TPSA) is 62.6 Å². The standard InChI is InChI=1S/C19H14ClF3N2O4/c1-27-16-10-24-25(18(26)17(16)28-2)11-4-3-5-12(8-11)29-13-6-7-14(15(20)9-13)19(21,22)23/h3-10H,1-2H3. The lowest BCUT2D eigenvalue weighted by Crippen LogP contribution is -2.22. The Hall–Kier alpha value is -3.20. The number of hydrogen-bond donors (Lipinski definition) is 0. The van der Waals surface area contributed by atoms with E-state index in [1.807, 2.05) is 0 Å². The number of alkyl halides is 3. The number of rotatable bonds is 5. The molecule has 0 aliphatic carbocycles. The molecule has 1 aromatic heterocycles. The van der Waals surface area contributed by atoms with Crippen LogP contribution in [0.2, 0.25) is 5.02 Å². The quantitative estimate of drug-likeness (QED) is 0.591. The summed E-state index contributed by atoms with van der Waals surface area (Å²) < 4.78 is 55.2. The molecule has 2 aromatic carbocycles. The summed E-state index contributed by atoms with van der Waals surface area (Å²) in [6, 6.07) is 9.32. The van der Waals surface area contributed by atoms with E-state index in [0.717, 1.165) is 22.9 Å². The summed E-state index contributed by atoms with van der Waals surface area (Å²) in [6.45, 7) is 0. The van der Waals surface area contributed by atoms with Crippen molar-refractivity contribution in [2.75, 3.05) is 14.2 Å². The molecule has 0 aliphatic rings. The summed E-state index contributed by atoms with van der Waals surface area (Å²) in [4.78, 5) is 12.6. The van der Waals surface area contributed by atoms with Gasteiger partial charge in [-0.25, -0.2) is 0 Å². The van der Waals surface area contributed by atoms with Gasteiger partial charge in [0.2, 0.25) is 5.75 Å². The van der Waals surface area contributed by atoms with Crippen molar-refractivity contribution in [3.63, 3.8) is 0 Å². The van der Waals surface area contributed by atoms with Crippen molar-refractivity contribution in [1.82, 2.24) is 9.78 Å². The summed E-state index contributed by atoms with van der Waals surface area (Å²) >= 11 is 5.71. The lowest BCUT2D eigenvalue weighted by molar-refractivity contribution is -0.137. The van der Waals surface area contributed by atoms with Crippen molar-refractivity contribution in [3.8, 4) is 28.7 Å². The maximum absolute atomic E-state index is 12.8. The highest BCUT2D eigenvalue weighted by Gasteiger charge is 2.33. The zero-order valence-corrected chi connectivity index (χ0v) is 15.9. The molecule has 29 heavy (non-hydrogen) atoms. The maximum atomic E-state index is 12.8. The molecule has 3 aromatic rings. The monoisotopic (exact) mass is 426 g/mol. The van der Waals surface area contributed by atoms with Crippen LogP contribution in [-0.4, -0.2) is 24.0 Å². The van der Waals surface area contributed by atoms with Gasteiger partial charge in [0.15, 0.2) is 5.75 Å². The van der Waals surface area contributed by atoms with Crippen LogP contribution >= 0.6 is 11.6 Å². The van der Waals surface area contributed by atoms with E-state index >= 15 is 0 Å². The average molecular weight is 427 g/mol. The second-order valence-electron chi connectivity index (χ2n) is 5.70. The molecule has 3 rings (SSSR count). The van der Waals surface area contributed by atoms with Crippen LogP contribution in [0.25, 0.3) is 5.69 Å². The predicted molar refractivity (Wildman–Crippen MR) is 99.5 cm³/mol. The number of ether oxygens (including phenoxy) is 3. The van der Waals surface area contributed by atoms with E-state index in [0.29, 0.717) is 5.69 Å². The van der Waals surface area contributed by atoms with Gasteiger partial charge in [0.1, 0.15) is 11.5 Å². The highest BCUT2D eigenvalue weighted by Crippen LogP contribution is 2.37. The smallest absolute Gasteiger partial charge is 0.417 e. The van der Waals surface area contributed by atoms with E-state index in [2.05, 4.69) is 5.10 Å². The minimum Gasteiger partial charge on any atom is -0.491 e. The van der Waals surface area contributed by atoms with Crippen molar-refractivity contribution in [2.24, 2.45) is 0 Å². The Bertz CT molecular complexity index is 1100. The Balaban J connectivity index is 1.94. The third-order valence-corrected chi connectivity index (χ3v) is 4.18. The molecular formula is C19H14ClF3N2O4. The van der Waals surface area contributed by atoms with Gasteiger partial charge in [-0.3, -0.25) is 4.79 Å². The summed E-state index contributed by atoms with van der Waals surface area (Å²) in [7, 11) is 2.71. The van der Waals surface area contributed by atoms with Crippen LogP contribution in [0, 0.1) is 0 Å². The first kappa shape index (κ1) is 20.5. The zero-order valence-electron chi connectivity index (χ0n) is 15.2.